The normalized spacial score (nSPS) is 25.2. The third-order valence-electron chi connectivity index (χ3n) is 9.98. The lowest BCUT2D eigenvalue weighted by molar-refractivity contribution is -0.274. The van der Waals surface area contributed by atoms with E-state index in [1.54, 1.807) is 18.3 Å². The zero-order valence-electron chi connectivity index (χ0n) is 27.7. The Hall–Kier alpha value is -2.99. The van der Waals surface area contributed by atoms with Crippen molar-refractivity contribution in [2.45, 2.75) is 83.0 Å². The molecule has 258 valence electrons. The molecule has 3 heterocycles. The van der Waals surface area contributed by atoms with Gasteiger partial charge >= 0.3 is 5.97 Å². The van der Waals surface area contributed by atoms with Crippen LogP contribution in [0, 0.1) is 5.92 Å². The Morgan fingerprint density at radius 2 is 1.65 bits per heavy atom. The van der Waals surface area contributed by atoms with Crippen LogP contribution in [0.15, 0.2) is 42.6 Å². The van der Waals surface area contributed by atoms with Crippen molar-refractivity contribution < 1.29 is 29.0 Å². The van der Waals surface area contributed by atoms with Crippen molar-refractivity contribution in [2.75, 3.05) is 31.5 Å². The Morgan fingerprint density at radius 3 is 2.31 bits per heavy atom. The molecule has 6 rings (SSSR count). The number of carboxylic acid groups (broad SMARTS) is 1. The van der Waals surface area contributed by atoms with Crippen LogP contribution < -0.4 is 5.32 Å². The summed E-state index contributed by atoms with van der Waals surface area (Å²) in [6.07, 6.45) is 5.26. The fraction of sp³-hybridized carbons (Fsp3) is 0.528. The molecule has 1 amide bonds. The number of carbonyl (C=O) groups excluding carboxylic acids is 2. The molecule has 3 aromatic rings. The number of fused-ring (bicyclic) bond motifs is 1. The van der Waals surface area contributed by atoms with Gasteiger partial charge in [-0.1, -0.05) is 41.4 Å². The number of carbonyl (C=O) groups is 3. The number of morpholine rings is 1. The molecule has 12 heteroatoms. The van der Waals surface area contributed by atoms with Crippen molar-refractivity contribution in [1.29, 1.82) is 0 Å². The smallest absolute Gasteiger partial charge is 0.306 e. The van der Waals surface area contributed by atoms with E-state index < -0.39 is 17.7 Å². The summed E-state index contributed by atoms with van der Waals surface area (Å²) < 4.78 is 15.0. The van der Waals surface area contributed by atoms with E-state index in [1.807, 2.05) is 49.7 Å². The first-order chi connectivity index (χ1) is 23.0. The average molecular weight is 700 g/mol. The van der Waals surface area contributed by atoms with Crippen LogP contribution in [0.1, 0.15) is 68.3 Å². The number of nitrogens with zero attached hydrogens (tertiary/aromatic N) is 3. The second-order valence-corrected chi connectivity index (χ2v) is 14.4. The number of carboxylic acids is 1. The van der Waals surface area contributed by atoms with Crippen LogP contribution >= 0.6 is 23.2 Å². The molecule has 0 radical (unpaired) electrons. The number of ether oxygens (including phenoxy) is 2. The summed E-state index contributed by atoms with van der Waals surface area (Å²) in [6, 6.07) is 10.9. The Labute approximate surface area is 291 Å². The second-order valence-electron chi connectivity index (χ2n) is 13.5. The molecule has 48 heavy (non-hydrogen) atoms. The first kappa shape index (κ1) is 34.9. The number of nitrogens with one attached hydrogen (secondary N) is 1. The number of ketones is 1. The van der Waals surface area contributed by atoms with Gasteiger partial charge in [-0.25, -0.2) is 0 Å². The van der Waals surface area contributed by atoms with Crippen LogP contribution in [0.2, 0.25) is 10.0 Å². The number of Topliss-reactive ketones (excluding diaryl/α,β-unsaturated/α-hetero) is 1. The summed E-state index contributed by atoms with van der Waals surface area (Å²) in [6.45, 7) is 6.41. The highest BCUT2D eigenvalue weighted by molar-refractivity contribution is 6.36. The minimum atomic E-state index is -1.37. The Kier molecular flexibility index (Phi) is 10.5. The van der Waals surface area contributed by atoms with Gasteiger partial charge in [0.2, 0.25) is 5.85 Å². The first-order valence-electron chi connectivity index (χ1n) is 16.9. The van der Waals surface area contributed by atoms with Gasteiger partial charge in [-0.15, -0.1) is 0 Å². The van der Waals surface area contributed by atoms with Crippen LogP contribution in [-0.4, -0.2) is 87.5 Å². The largest absolute Gasteiger partial charge is 0.481 e. The molecular formula is C36H44Cl2N4O6. The van der Waals surface area contributed by atoms with Gasteiger partial charge in [-0.3, -0.25) is 24.2 Å². The predicted octanol–water partition coefficient (Wildman–Crippen LogP) is 6.37. The van der Waals surface area contributed by atoms with Crippen molar-refractivity contribution in [3.05, 3.63) is 63.8 Å². The highest BCUT2D eigenvalue weighted by Crippen LogP contribution is 2.39. The highest BCUT2D eigenvalue weighted by Gasteiger charge is 2.54. The Bertz CT molecular complexity index is 1670. The van der Waals surface area contributed by atoms with Gasteiger partial charge in [0.25, 0.3) is 5.91 Å². The van der Waals surface area contributed by atoms with Crippen LogP contribution in [-0.2, 0) is 32.5 Å². The van der Waals surface area contributed by atoms with Crippen LogP contribution in [0.5, 0.6) is 0 Å². The molecule has 1 aliphatic carbocycles. The van der Waals surface area contributed by atoms with E-state index in [-0.39, 0.29) is 41.4 Å². The lowest BCUT2D eigenvalue weighted by Crippen LogP contribution is -2.71. The molecule has 0 bridgehead atoms. The third-order valence-corrected chi connectivity index (χ3v) is 10.6. The van der Waals surface area contributed by atoms with E-state index in [0.29, 0.717) is 73.7 Å². The molecule has 10 nitrogen and oxygen atoms in total. The highest BCUT2D eigenvalue weighted by atomic mass is 35.5. The quantitative estimate of drug-likeness (QED) is 0.251. The van der Waals surface area contributed by atoms with Gasteiger partial charge in [-0.2, -0.15) is 0 Å². The van der Waals surface area contributed by atoms with Crippen molar-refractivity contribution in [3.8, 4) is 0 Å². The van der Waals surface area contributed by atoms with E-state index >= 15 is 0 Å². The molecule has 0 spiro atoms. The number of benzene rings is 2. The number of hydrogen-bond donors (Lipinski definition) is 2. The number of hydrogen-bond acceptors (Lipinski definition) is 7. The van der Waals surface area contributed by atoms with Gasteiger partial charge in [0.15, 0.2) is 5.78 Å². The molecule has 2 aliphatic heterocycles. The maximum Gasteiger partial charge on any atom is 0.306 e. The van der Waals surface area contributed by atoms with Gasteiger partial charge in [-0.05, 0) is 76.1 Å². The molecule has 3 fully saturated rings. The summed E-state index contributed by atoms with van der Waals surface area (Å²) in [4.78, 5) is 44.2. The number of rotatable bonds is 10. The fourth-order valence-corrected chi connectivity index (χ4v) is 8.16. The topological polar surface area (TPSA) is 113 Å². The fourth-order valence-electron chi connectivity index (χ4n) is 7.69. The van der Waals surface area contributed by atoms with E-state index in [0.717, 1.165) is 23.7 Å². The summed E-state index contributed by atoms with van der Waals surface area (Å²) in [5.74, 6) is -3.03. The molecule has 2 aromatic carbocycles. The summed E-state index contributed by atoms with van der Waals surface area (Å²) >= 11 is 13.6. The minimum absolute atomic E-state index is 0.0445. The number of para-hydroxylation sites is 1. The maximum absolute atomic E-state index is 14.9. The van der Waals surface area contributed by atoms with Crippen LogP contribution in [0.3, 0.4) is 0 Å². The molecular weight excluding hydrogens is 655 g/mol. The number of anilines is 1. The van der Waals surface area contributed by atoms with Gasteiger partial charge in [0, 0.05) is 61.8 Å². The summed E-state index contributed by atoms with van der Waals surface area (Å²) in [5, 5.41) is 13.9. The standard InChI is InChI=1S/C36H44Cl2N4O6/c1-22-19-42(20-23(2)47-22)36(41-14-6-7-15-41,48-26-12-10-24(11-13-26)35(45)46)33(43)17-25-16-30(38)31(18-29(25)37)39-34(44)28-21-40(3)32-9-5-4-8-27(28)32/h4-5,8-9,16,18,21-24,26H,6-7,10-15,17,19-20H2,1-3H3,(H,39,44)(H,45,46)/t22-,23+,24?,26?,36?. The van der Waals surface area contributed by atoms with Crippen LogP contribution in [0.4, 0.5) is 5.69 Å². The van der Waals surface area contributed by atoms with E-state index in [2.05, 4.69) is 15.1 Å². The predicted molar refractivity (Wildman–Crippen MR) is 186 cm³/mol. The molecule has 2 N–H and O–H groups in total. The van der Waals surface area contributed by atoms with Gasteiger partial charge < -0.3 is 24.5 Å². The molecule has 1 unspecified atom stereocenters. The number of aliphatic carboxylic acids is 1. The van der Waals surface area contributed by atoms with E-state index in [1.165, 1.54) is 0 Å². The maximum atomic E-state index is 14.9. The van der Waals surface area contributed by atoms with E-state index in [9.17, 15) is 19.5 Å². The van der Waals surface area contributed by atoms with Crippen molar-refractivity contribution >= 4 is 57.5 Å². The molecule has 1 aromatic heterocycles. The van der Waals surface area contributed by atoms with Crippen molar-refractivity contribution in [1.82, 2.24) is 14.4 Å². The van der Waals surface area contributed by atoms with Crippen molar-refractivity contribution in [2.24, 2.45) is 13.0 Å². The lowest BCUT2D eigenvalue weighted by atomic mass is 9.87. The van der Waals surface area contributed by atoms with Crippen molar-refractivity contribution in [3.63, 3.8) is 0 Å². The number of aryl methyl sites for hydroxylation is 1. The SMILES string of the molecule is C[C@@H]1CN(C(OC2CCC(C(=O)O)CC2)(C(=O)Cc2cc(Cl)c(NC(=O)c3cn(C)c4ccccc34)cc2Cl)N2CCCC2)C[C@H](C)O1. The Balaban J connectivity index is 1.29. The number of amides is 1. The van der Waals surface area contributed by atoms with Crippen LogP contribution in [0.25, 0.3) is 10.9 Å². The number of halogens is 2. The summed E-state index contributed by atoms with van der Waals surface area (Å²) in [5.41, 5.74) is 2.33. The second kappa shape index (κ2) is 14.5. The number of likely N-dealkylation sites (tertiary alicyclic amines) is 1. The van der Waals surface area contributed by atoms with E-state index in [4.69, 9.17) is 32.7 Å². The monoisotopic (exact) mass is 698 g/mol. The lowest BCUT2D eigenvalue weighted by Gasteiger charge is -2.52. The molecule has 3 atom stereocenters. The average Bonchev–Trinajstić information content (AvgIpc) is 3.71. The van der Waals surface area contributed by atoms with Gasteiger partial charge in [0.05, 0.1) is 40.5 Å². The van der Waals surface area contributed by atoms with Gasteiger partial charge in [0.1, 0.15) is 0 Å². The molecule has 1 saturated carbocycles. The Morgan fingerprint density at radius 1 is 0.979 bits per heavy atom. The number of aromatic nitrogens is 1. The summed E-state index contributed by atoms with van der Waals surface area (Å²) in [7, 11) is 1.89. The first-order valence-corrected chi connectivity index (χ1v) is 17.6. The minimum Gasteiger partial charge on any atom is -0.481 e. The molecule has 3 aliphatic rings. The zero-order chi connectivity index (χ0) is 34.2. The zero-order valence-corrected chi connectivity index (χ0v) is 29.2. The molecule has 2 saturated heterocycles. The third kappa shape index (κ3) is 7.02.